The molecule has 1 unspecified atom stereocenters. The Hall–Kier alpha value is -1.70. The van der Waals surface area contributed by atoms with Gasteiger partial charge in [0.15, 0.2) is 6.29 Å². The Bertz CT molecular complexity index is 315. The van der Waals surface area contributed by atoms with Gasteiger partial charge in [-0.15, -0.1) is 0 Å². The molecule has 0 fully saturated rings. The van der Waals surface area contributed by atoms with Crippen LogP contribution in [0.4, 0.5) is 0 Å². The normalized spacial score (nSPS) is 11.0. The molecule has 7 heteroatoms. The van der Waals surface area contributed by atoms with Crippen LogP contribution >= 0.6 is 0 Å². The molecule has 0 saturated carbocycles. The number of ether oxygens (including phenoxy) is 3. The van der Waals surface area contributed by atoms with Crippen LogP contribution in [0.5, 0.6) is 0 Å². The fourth-order valence-electron chi connectivity index (χ4n) is 1.15. The minimum Gasteiger partial charge on any atom is -0.460 e. The number of hydrogen-bond donors (Lipinski definition) is 2. The zero-order valence-corrected chi connectivity index (χ0v) is 13.9. The van der Waals surface area contributed by atoms with E-state index in [0.29, 0.717) is 12.3 Å². The van der Waals surface area contributed by atoms with Gasteiger partial charge >= 0.3 is 11.9 Å². The first-order valence-electron chi connectivity index (χ1n) is 7.39. The van der Waals surface area contributed by atoms with Crippen LogP contribution in [-0.2, 0) is 23.8 Å². The van der Waals surface area contributed by atoms with Gasteiger partial charge in [0, 0.05) is 18.6 Å². The summed E-state index contributed by atoms with van der Waals surface area (Å²) in [6.07, 6.45) is 2.54. The SMILES string of the molecule is C=CC(=O)OCCOCCOC(=O)C=C.CCC(C)CC(O)O. The lowest BCUT2D eigenvalue weighted by atomic mass is 10.1. The molecule has 0 aromatic rings. The third-order valence-electron chi connectivity index (χ3n) is 2.59. The first-order valence-corrected chi connectivity index (χ1v) is 7.39. The molecule has 0 heterocycles. The molecule has 0 aliphatic carbocycles. The van der Waals surface area contributed by atoms with Crippen molar-refractivity contribution in [3.05, 3.63) is 25.3 Å². The van der Waals surface area contributed by atoms with Crippen LogP contribution in [0.1, 0.15) is 26.7 Å². The zero-order valence-electron chi connectivity index (χ0n) is 13.9. The monoisotopic (exact) mass is 332 g/mol. The summed E-state index contributed by atoms with van der Waals surface area (Å²) >= 11 is 0. The van der Waals surface area contributed by atoms with E-state index in [0.717, 1.165) is 18.6 Å². The Morgan fingerprint density at radius 3 is 1.70 bits per heavy atom. The summed E-state index contributed by atoms with van der Waals surface area (Å²) in [7, 11) is 0. The second-order valence-electron chi connectivity index (χ2n) is 4.59. The molecular formula is C16H28O7. The molecule has 7 nitrogen and oxygen atoms in total. The smallest absolute Gasteiger partial charge is 0.330 e. The zero-order chi connectivity index (χ0) is 18.1. The van der Waals surface area contributed by atoms with E-state index in [2.05, 4.69) is 22.6 Å². The van der Waals surface area contributed by atoms with E-state index in [4.69, 9.17) is 14.9 Å². The molecule has 0 bridgehead atoms. The minimum absolute atomic E-state index is 0.153. The molecule has 1 atom stereocenters. The van der Waals surface area contributed by atoms with Crippen LogP contribution in [-0.4, -0.2) is 54.9 Å². The van der Waals surface area contributed by atoms with Crippen molar-refractivity contribution in [1.82, 2.24) is 0 Å². The molecule has 0 aromatic heterocycles. The van der Waals surface area contributed by atoms with Gasteiger partial charge in [-0.25, -0.2) is 9.59 Å². The second-order valence-corrected chi connectivity index (χ2v) is 4.59. The van der Waals surface area contributed by atoms with Gasteiger partial charge in [0.25, 0.3) is 0 Å². The predicted molar refractivity (Wildman–Crippen MR) is 85.4 cm³/mol. The average Bonchev–Trinajstić information content (AvgIpc) is 2.53. The molecule has 0 radical (unpaired) electrons. The molecule has 23 heavy (non-hydrogen) atoms. The maximum atomic E-state index is 10.6. The molecule has 0 spiro atoms. The van der Waals surface area contributed by atoms with Gasteiger partial charge in [0.1, 0.15) is 13.2 Å². The standard InChI is InChI=1S/C10H14O5.C6H14O2/c1-3-9(11)14-7-5-13-6-8-15-10(12)4-2;1-3-5(2)4-6(7)8/h3-4H,1-2,5-8H2;5-8H,3-4H2,1-2H3. The van der Waals surface area contributed by atoms with Crippen LogP contribution in [0.25, 0.3) is 0 Å². The number of carbonyl (C=O) groups excluding carboxylic acids is 2. The van der Waals surface area contributed by atoms with Crippen LogP contribution in [0.2, 0.25) is 0 Å². The summed E-state index contributed by atoms with van der Waals surface area (Å²) in [6.45, 7) is 11.3. The van der Waals surface area contributed by atoms with E-state index in [1.54, 1.807) is 0 Å². The molecule has 0 saturated heterocycles. The predicted octanol–water partition coefficient (Wildman–Crippen LogP) is 1.19. The summed E-state index contributed by atoms with van der Waals surface area (Å²) in [4.78, 5) is 21.1. The van der Waals surface area contributed by atoms with E-state index >= 15 is 0 Å². The van der Waals surface area contributed by atoms with Crippen LogP contribution in [0, 0.1) is 5.92 Å². The molecule has 0 aromatic carbocycles. The highest BCUT2D eigenvalue weighted by Crippen LogP contribution is 2.07. The number of carbonyl (C=O) groups is 2. The van der Waals surface area contributed by atoms with E-state index in [9.17, 15) is 9.59 Å². The van der Waals surface area contributed by atoms with Crippen molar-refractivity contribution in [2.45, 2.75) is 33.0 Å². The van der Waals surface area contributed by atoms with Gasteiger partial charge in [-0.2, -0.15) is 0 Å². The first kappa shape index (κ1) is 23.6. The van der Waals surface area contributed by atoms with Gasteiger partial charge in [-0.3, -0.25) is 0 Å². The Balaban J connectivity index is 0. The van der Waals surface area contributed by atoms with Crippen molar-refractivity contribution in [2.75, 3.05) is 26.4 Å². The minimum atomic E-state index is -1.12. The van der Waals surface area contributed by atoms with Gasteiger partial charge in [0.05, 0.1) is 13.2 Å². The quantitative estimate of drug-likeness (QED) is 0.254. The fraction of sp³-hybridized carbons (Fsp3) is 0.625. The Kier molecular flexibility index (Phi) is 17.1. The lowest BCUT2D eigenvalue weighted by Gasteiger charge is -2.08. The first-order chi connectivity index (χ1) is 10.9. The largest absolute Gasteiger partial charge is 0.460 e. The number of aliphatic hydroxyl groups excluding tert-OH is 1. The number of rotatable bonds is 11. The van der Waals surface area contributed by atoms with Crippen molar-refractivity contribution in [2.24, 2.45) is 5.92 Å². The third-order valence-corrected chi connectivity index (χ3v) is 2.59. The Morgan fingerprint density at radius 2 is 1.43 bits per heavy atom. The summed E-state index contributed by atoms with van der Waals surface area (Å²) in [5, 5.41) is 16.8. The van der Waals surface area contributed by atoms with E-state index in [1.807, 2.05) is 13.8 Å². The lowest BCUT2D eigenvalue weighted by molar-refractivity contribution is -0.140. The number of aliphatic hydroxyl groups is 2. The van der Waals surface area contributed by atoms with Gasteiger partial charge < -0.3 is 24.4 Å². The molecule has 0 rings (SSSR count). The highest BCUT2D eigenvalue weighted by molar-refractivity contribution is 5.81. The lowest BCUT2D eigenvalue weighted by Crippen LogP contribution is -2.12. The van der Waals surface area contributed by atoms with E-state index in [1.165, 1.54) is 0 Å². The van der Waals surface area contributed by atoms with Gasteiger partial charge in [-0.05, 0) is 5.92 Å². The maximum Gasteiger partial charge on any atom is 0.330 e. The van der Waals surface area contributed by atoms with Crippen LogP contribution in [0.3, 0.4) is 0 Å². The number of esters is 2. The molecule has 134 valence electrons. The highest BCUT2D eigenvalue weighted by Gasteiger charge is 2.03. The molecule has 0 aliphatic rings. The Morgan fingerprint density at radius 1 is 1.00 bits per heavy atom. The second kappa shape index (κ2) is 16.7. The molecule has 2 N–H and O–H groups in total. The molecule has 0 aliphatic heterocycles. The molecule has 0 amide bonds. The van der Waals surface area contributed by atoms with Crippen molar-refractivity contribution in [3.8, 4) is 0 Å². The summed E-state index contributed by atoms with van der Waals surface area (Å²) in [5.41, 5.74) is 0. The number of hydrogen-bond acceptors (Lipinski definition) is 7. The Labute approximate surface area is 137 Å². The van der Waals surface area contributed by atoms with Crippen LogP contribution in [0.15, 0.2) is 25.3 Å². The van der Waals surface area contributed by atoms with Crippen molar-refractivity contribution >= 4 is 11.9 Å². The third kappa shape index (κ3) is 20.3. The topological polar surface area (TPSA) is 102 Å². The van der Waals surface area contributed by atoms with E-state index in [-0.39, 0.29) is 26.4 Å². The summed E-state index contributed by atoms with van der Waals surface area (Å²) in [6, 6.07) is 0. The summed E-state index contributed by atoms with van der Waals surface area (Å²) < 4.78 is 14.3. The van der Waals surface area contributed by atoms with Crippen molar-refractivity contribution in [1.29, 1.82) is 0 Å². The van der Waals surface area contributed by atoms with Gasteiger partial charge in [0.2, 0.25) is 0 Å². The maximum absolute atomic E-state index is 10.6. The fourth-order valence-corrected chi connectivity index (χ4v) is 1.15. The van der Waals surface area contributed by atoms with Crippen molar-refractivity contribution < 1.29 is 34.0 Å². The summed E-state index contributed by atoms with van der Waals surface area (Å²) in [5.74, 6) is -0.552. The van der Waals surface area contributed by atoms with Crippen LogP contribution < -0.4 is 0 Å². The van der Waals surface area contributed by atoms with Gasteiger partial charge in [-0.1, -0.05) is 33.4 Å². The van der Waals surface area contributed by atoms with Crippen molar-refractivity contribution in [3.63, 3.8) is 0 Å². The average molecular weight is 332 g/mol. The highest BCUT2D eigenvalue weighted by atomic mass is 16.6. The molecular weight excluding hydrogens is 304 g/mol. The van der Waals surface area contributed by atoms with E-state index < -0.39 is 18.2 Å².